The molecule has 2 rings (SSSR count). The average molecular weight is 310 g/mol. The smallest absolute Gasteiger partial charge is 0.288 e. The Bertz CT molecular complexity index is 696. The van der Waals surface area contributed by atoms with Gasteiger partial charge in [-0.1, -0.05) is 53.0 Å². The predicted octanol–water partition coefficient (Wildman–Crippen LogP) is 4.44. The molecule has 0 fully saturated rings. The summed E-state index contributed by atoms with van der Waals surface area (Å²) < 4.78 is 0. The van der Waals surface area contributed by atoms with Crippen LogP contribution >= 0.6 is 23.2 Å². The van der Waals surface area contributed by atoms with Crippen LogP contribution in [-0.4, -0.2) is 10.7 Å². The average Bonchev–Trinajstić information content (AvgIpc) is 2.38. The molecule has 0 saturated carbocycles. The Morgan fingerprint density at radius 3 is 2.25 bits per heavy atom. The van der Waals surface area contributed by atoms with Crippen LogP contribution in [0.15, 0.2) is 36.4 Å². The lowest BCUT2D eigenvalue weighted by atomic mass is 10.0. The molecule has 0 aromatic heterocycles. The van der Waals surface area contributed by atoms with Crippen LogP contribution in [0.5, 0.6) is 0 Å². The molecule has 0 N–H and O–H groups in total. The van der Waals surface area contributed by atoms with Gasteiger partial charge < -0.3 is 0 Å². The summed E-state index contributed by atoms with van der Waals surface area (Å²) in [6.45, 7) is 1.90. The highest BCUT2D eigenvalue weighted by atomic mass is 35.5. The molecule has 0 spiro atoms. The van der Waals surface area contributed by atoms with E-state index in [1.807, 2.05) is 6.92 Å². The van der Waals surface area contributed by atoms with Gasteiger partial charge in [-0.3, -0.25) is 14.9 Å². The van der Waals surface area contributed by atoms with E-state index in [1.165, 1.54) is 6.07 Å². The zero-order chi connectivity index (χ0) is 14.9. The Labute approximate surface area is 125 Å². The van der Waals surface area contributed by atoms with Gasteiger partial charge in [-0.2, -0.15) is 0 Å². The minimum atomic E-state index is -0.648. The molecule has 0 radical (unpaired) electrons. The van der Waals surface area contributed by atoms with Crippen LogP contribution in [-0.2, 0) is 0 Å². The van der Waals surface area contributed by atoms with Gasteiger partial charge in [0.1, 0.15) is 5.02 Å². The van der Waals surface area contributed by atoms with Gasteiger partial charge in [0.15, 0.2) is 5.78 Å². The molecule has 4 nitrogen and oxygen atoms in total. The maximum atomic E-state index is 12.3. The Balaban J connectivity index is 2.52. The quantitative estimate of drug-likeness (QED) is 0.478. The molecule has 0 saturated heterocycles. The number of rotatable bonds is 3. The van der Waals surface area contributed by atoms with Crippen molar-refractivity contribution < 1.29 is 9.72 Å². The number of nitrogens with zero attached hydrogens (tertiary/aromatic N) is 1. The maximum Gasteiger partial charge on any atom is 0.288 e. The lowest BCUT2D eigenvalue weighted by Crippen LogP contribution is -2.03. The third-order valence-electron chi connectivity index (χ3n) is 2.79. The number of carbonyl (C=O) groups excluding carboxylic acids is 1. The number of hydrogen-bond donors (Lipinski definition) is 0. The number of ketones is 1. The van der Waals surface area contributed by atoms with Crippen LogP contribution in [0.4, 0.5) is 5.69 Å². The molecule has 0 unspecified atom stereocenters. The largest absolute Gasteiger partial charge is 0.289 e. The lowest BCUT2D eigenvalue weighted by molar-refractivity contribution is -0.384. The highest BCUT2D eigenvalue weighted by Crippen LogP contribution is 2.32. The first-order valence-electron chi connectivity index (χ1n) is 5.65. The summed E-state index contributed by atoms with van der Waals surface area (Å²) in [6.07, 6.45) is 0. The number of benzene rings is 2. The van der Waals surface area contributed by atoms with Gasteiger partial charge in [0, 0.05) is 17.2 Å². The molecule has 0 atom stereocenters. The van der Waals surface area contributed by atoms with Crippen LogP contribution < -0.4 is 0 Å². The number of carbonyl (C=O) groups is 1. The summed E-state index contributed by atoms with van der Waals surface area (Å²) in [4.78, 5) is 22.5. The minimum Gasteiger partial charge on any atom is -0.289 e. The number of aryl methyl sites for hydroxylation is 1. The van der Waals surface area contributed by atoms with E-state index in [4.69, 9.17) is 23.2 Å². The first kappa shape index (κ1) is 14.5. The third kappa shape index (κ3) is 2.81. The summed E-state index contributed by atoms with van der Waals surface area (Å²) in [5.41, 5.74) is 1.14. The van der Waals surface area contributed by atoms with Gasteiger partial charge in [0.2, 0.25) is 0 Å². The van der Waals surface area contributed by atoms with Gasteiger partial charge in [-0.05, 0) is 13.0 Å². The second-order valence-electron chi connectivity index (χ2n) is 4.24. The molecule has 102 valence electrons. The highest BCUT2D eigenvalue weighted by molar-refractivity contribution is 6.38. The van der Waals surface area contributed by atoms with E-state index in [0.29, 0.717) is 5.56 Å². The van der Waals surface area contributed by atoms with Crippen molar-refractivity contribution >= 4 is 34.7 Å². The monoisotopic (exact) mass is 309 g/mol. The van der Waals surface area contributed by atoms with E-state index in [-0.39, 0.29) is 27.1 Å². The molecule has 0 bridgehead atoms. The van der Waals surface area contributed by atoms with Crippen molar-refractivity contribution in [2.75, 3.05) is 0 Å². The standard InChI is InChI=1S/C14H9Cl2NO3/c1-8-2-4-9(5-3-8)14(18)10-6-13(17(19)20)12(16)7-11(10)15/h2-7H,1H3. The molecule has 0 aliphatic carbocycles. The van der Waals surface area contributed by atoms with E-state index in [9.17, 15) is 14.9 Å². The summed E-state index contributed by atoms with van der Waals surface area (Å²) >= 11 is 11.7. The van der Waals surface area contributed by atoms with Crippen molar-refractivity contribution in [2.24, 2.45) is 0 Å². The SMILES string of the molecule is Cc1ccc(C(=O)c2cc([N+](=O)[O-])c(Cl)cc2Cl)cc1. The topological polar surface area (TPSA) is 60.2 Å². The Morgan fingerprint density at radius 2 is 1.70 bits per heavy atom. The Kier molecular flexibility index (Phi) is 4.06. The fourth-order valence-electron chi connectivity index (χ4n) is 1.71. The summed E-state index contributed by atoms with van der Waals surface area (Å²) in [5.74, 6) is -0.380. The normalized spacial score (nSPS) is 10.3. The lowest BCUT2D eigenvalue weighted by Gasteiger charge is -2.05. The van der Waals surface area contributed by atoms with Gasteiger partial charge in [-0.15, -0.1) is 0 Å². The molecular weight excluding hydrogens is 301 g/mol. The second-order valence-corrected chi connectivity index (χ2v) is 5.05. The van der Waals surface area contributed by atoms with Crippen molar-refractivity contribution in [1.82, 2.24) is 0 Å². The van der Waals surface area contributed by atoms with Crippen molar-refractivity contribution in [3.8, 4) is 0 Å². The predicted molar refractivity (Wildman–Crippen MR) is 77.7 cm³/mol. The molecule has 2 aromatic carbocycles. The molecule has 20 heavy (non-hydrogen) atoms. The van der Waals surface area contributed by atoms with E-state index in [1.54, 1.807) is 24.3 Å². The number of nitro groups is 1. The molecule has 0 aliphatic heterocycles. The molecule has 6 heteroatoms. The van der Waals surface area contributed by atoms with Gasteiger partial charge in [0.25, 0.3) is 5.69 Å². The van der Waals surface area contributed by atoms with Crippen molar-refractivity contribution in [3.63, 3.8) is 0 Å². The maximum absolute atomic E-state index is 12.3. The first-order chi connectivity index (χ1) is 9.40. The van der Waals surface area contributed by atoms with Gasteiger partial charge in [-0.25, -0.2) is 0 Å². The van der Waals surface area contributed by atoms with E-state index < -0.39 is 4.92 Å². The van der Waals surface area contributed by atoms with Gasteiger partial charge in [0.05, 0.1) is 9.95 Å². The second kappa shape index (κ2) is 5.61. The first-order valence-corrected chi connectivity index (χ1v) is 6.40. The van der Waals surface area contributed by atoms with Crippen molar-refractivity contribution in [3.05, 3.63) is 73.2 Å². The highest BCUT2D eigenvalue weighted by Gasteiger charge is 2.21. The van der Waals surface area contributed by atoms with E-state index >= 15 is 0 Å². The fourth-order valence-corrected chi connectivity index (χ4v) is 2.25. The Morgan fingerprint density at radius 1 is 1.10 bits per heavy atom. The van der Waals surface area contributed by atoms with Crippen LogP contribution in [0.25, 0.3) is 0 Å². The van der Waals surface area contributed by atoms with Crippen LogP contribution in [0.3, 0.4) is 0 Å². The van der Waals surface area contributed by atoms with Gasteiger partial charge >= 0.3 is 0 Å². The summed E-state index contributed by atoms with van der Waals surface area (Å²) in [5, 5.41) is 10.8. The van der Waals surface area contributed by atoms with Crippen LogP contribution in [0, 0.1) is 17.0 Å². The third-order valence-corrected chi connectivity index (χ3v) is 3.41. The number of halogens is 2. The zero-order valence-corrected chi connectivity index (χ0v) is 11.9. The molecule has 0 aliphatic rings. The van der Waals surface area contributed by atoms with Crippen molar-refractivity contribution in [1.29, 1.82) is 0 Å². The zero-order valence-electron chi connectivity index (χ0n) is 10.4. The number of hydrogen-bond acceptors (Lipinski definition) is 3. The number of nitro benzene ring substituents is 1. The fraction of sp³-hybridized carbons (Fsp3) is 0.0714. The Hall–Kier alpha value is -1.91. The molecular formula is C14H9Cl2NO3. The summed E-state index contributed by atoms with van der Waals surface area (Å²) in [7, 11) is 0. The minimum absolute atomic E-state index is 0.0617. The van der Waals surface area contributed by atoms with E-state index in [0.717, 1.165) is 11.6 Å². The van der Waals surface area contributed by atoms with Crippen LogP contribution in [0.1, 0.15) is 21.5 Å². The molecule has 2 aromatic rings. The van der Waals surface area contributed by atoms with Crippen molar-refractivity contribution in [2.45, 2.75) is 6.92 Å². The van der Waals surface area contributed by atoms with E-state index in [2.05, 4.69) is 0 Å². The summed E-state index contributed by atoms with van der Waals surface area (Å²) in [6, 6.07) is 9.18. The molecule has 0 heterocycles. The molecule has 0 amide bonds. The van der Waals surface area contributed by atoms with Crippen LogP contribution in [0.2, 0.25) is 10.0 Å².